The van der Waals surface area contributed by atoms with Crippen molar-refractivity contribution in [2.24, 2.45) is 23.5 Å². The molecule has 2 aliphatic heterocycles. The van der Waals surface area contributed by atoms with Crippen LogP contribution in [0.25, 0.3) is 0 Å². The van der Waals surface area contributed by atoms with Gasteiger partial charge in [-0.2, -0.15) is 0 Å². The lowest BCUT2D eigenvalue weighted by atomic mass is 9.93. The third-order valence-electron chi connectivity index (χ3n) is 4.73. The van der Waals surface area contributed by atoms with Crippen LogP contribution in [0.5, 0.6) is 0 Å². The topological polar surface area (TPSA) is 104 Å². The first-order valence-corrected chi connectivity index (χ1v) is 7.39. The zero-order valence-electron chi connectivity index (χ0n) is 12.5. The molecule has 7 nitrogen and oxygen atoms in total. The van der Waals surface area contributed by atoms with Crippen molar-refractivity contribution in [3.8, 4) is 0 Å². The molecule has 2 aliphatic rings. The summed E-state index contributed by atoms with van der Waals surface area (Å²) < 4.78 is 0. The standard InChI is InChI=1S/C14H23N3O4/c1-8-5-16(7-11(8)13(19)20)14(21)17-6-10(12(15)18)4-3-9(17)2/h8-11H,3-7H2,1-2H3,(H2,15,18)(H,19,20). The van der Waals surface area contributed by atoms with Crippen molar-refractivity contribution in [2.75, 3.05) is 19.6 Å². The van der Waals surface area contributed by atoms with E-state index in [-0.39, 0.29) is 36.4 Å². The zero-order valence-corrected chi connectivity index (χ0v) is 12.5. The van der Waals surface area contributed by atoms with E-state index in [1.807, 2.05) is 13.8 Å². The smallest absolute Gasteiger partial charge is 0.320 e. The van der Waals surface area contributed by atoms with Crippen LogP contribution in [0.2, 0.25) is 0 Å². The molecule has 3 amide bonds. The molecule has 0 radical (unpaired) electrons. The highest BCUT2D eigenvalue weighted by Crippen LogP contribution is 2.28. The van der Waals surface area contributed by atoms with Crippen molar-refractivity contribution in [1.82, 2.24) is 9.80 Å². The molecule has 7 heteroatoms. The fourth-order valence-electron chi connectivity index (χ4n) is 3.23. The molecule has 2 heterocycles. The van der Waals surface area contributed by atoms with Gasteiger partial charge < -0.3 is 20.6 Å². The Balaban J connectivity index is 2.05. The number of rotatable bonds is 2. The van der Waals surface area contributed by atoms with Crippen LogP contribution >= 0.6 is 0 Å². The van der Waals surface area contributed by atoms with Gasteiger partial charge in [-0.1, -0.05) is 6.92 Å². The van der Waals surface area contributed by atoms with Gasteiger partial charge in [-0.25, -0.2) is 4.79 Å². The highest BCUT2D eigenvalue weighted by molar-refractivity contribution is 5.80. The lowest BCUT2D eigenvalue weighted by Gasteiger charge is -2.39. The molecule has 4 atom stereocenters. The average Bonchev–Trinajstić information content (AvgIpc) is 2.80. The summed E-state index contributed by atoms with van der Waals surface area (Å²) in [5.74, 6) is -2.11. The van der Waals surface area contributed by atoms with Gasteiger partial charge in [-0.05, 0) is 25.7 Å². The molecule has 0 bridgehead atoms. The van der Waals surface area contributed by atoms with Gasteiger partial charge >= 0.3 is 12.0 Å². The minimum atomic E-state index is -0.862. The number of nitrogens with zero attached hydrogens (tertiary/aromatic N) is 2. The summed E-state index contributed by atoms with van der Waals surface area (Å²) in [7, 11) is 0. The van der Waals surface area contributed by atoms with E-state index in [0.29, 0.717) is 19.5 Å². The lowest BCUT2D eigenvalue weighted by Crippen LogP contribution is -2.53. The number of nitrogens with two attached hydrogens (primary N) is 1. The zero-order chi connectivity index (χ0) is 15.7. The van der Waals surface area contributed by atoms with Gasteiger partial charge in [0.1, 0.15) is 0 Å². The fraction of sp³-hybridized carbons (Fsp3) is 0.786. The molecule has 2 saturated heterocycles. The molecule has 0 aliphatic carbocycles. The number of carbonyl (C=O) groups is 3. The Morgan fingerprint density at radius 3 is 2.29 bits per heavy atom. The number of likely N-dealkylation sites (tertiary alicyclic amines) is 2. The maximum Gasteiger partial charge on any atom is 0.320 e. The molecule has 2 fully saturated rings. The number of amides is 3. The quantitative estimate of drug-likeness (QED) is 0.767. The van der Waals surface area contributed by atoms with E-state index in [9.17, 15) is 14.4 Å². The van der Waals surface area contributed by atoms with Crippen molar-refractivity contribution in [3.05, 3.63) is 0 Å². The van der Waals surface area contributed by atoms with Gasteiger partial charge in [0.2, 0.25) is 5.91 Å². The number of piperidine rings is 1. The third kappa shape index (κ3) is 3.11. The van der Waals surface area contributed by atoms with E-state index in [0.717, 1.165) is 6.42 Å². The van der Waals surface area contributed by atoms with Crippen molar-refractivity contribution < 1.29 is 19.5 Å². The molecule has 2 rings (SSSR count). The van der Waals surface area contributed by atoms with Crippen LogP contribution in [-0.4, -0.2) is 58.5 Å². The Labute approximate surface area is 124 Å². The van der Waals surface area contributed by atoms with Crippen LogP contribution < -0.4 is 5.73 Å². The number of aliphatic carboxylic acids is 1. The van der Waals surface area contributed by atoms with Crippen LogP contribution in [0, 0.1) is 17.8 Å². The summed E-state index contributed by atoms with van der Waals surface area (Å²) in [4.78, 5) is 38.3. The van der Waals surface area contributed by atoms with E-state index in [1.54, 1.807) is 9.80 Å². The monoisotopic (exact) mass is 297 g/mol. The SMILES string of the molecule is CC1CN(C(=O)N2CC(C(N)=O)CCC2C)CC1C(=O)O. The van der Waals surface area contributed by atoms with E-state index >= 15 is 0 Å². The van der Waals surface area contributed by atoms with Crippen LogP contribution in [0.3, 0.4) is 0 Å². The van der Waals surface area contributed by atoms with Crippen molar-refractivity contribution in [1.29, 1.82) is 0 Å². The number of primary amides is 1. The van der Waals surface area contributed by atoms with E-state index in [1.165, 1.54) is 0 Å². The molecule has 0 spiro atoms. The highest BCUT2D eigenvalue weighted by atomic mass is 16.4. The summed E-state index contributed by atoms with van der Waals surface area (Å²) in [5.41, 5.74) is 5.34. The largest absolute Gasteiger partial charge is 0.481 e. The number of carbonyl (C=O) groups excluding carboxylic acids is 2. The lowest BCUT2D eigenvalue weighted by molar-refractivity contribution is -0.142. The van der Waals surface area contributed by atoms with Crippen LogP contribution in [0.15, 0.2) is 0 Å². The minimum Gasteiger partial charge on any atom is -0.481 e. The van der Waals surface area contributed by atoms with Crippen molar-refractivity contribution in [2.45, 2.75) is 32.7 Å². The van der Waals surface area contributed by atoms with Crippen LogP contribution in [-0.2, 0) is 9.59 Å². The maximum absolute atomic E-state index is 12.6. The predicted molar refractivity (Wildman–Crippen MR) is 75.3 cm³/mol. The summed E-state index contributed by atoms with van der Waals surface area (Å²) in [6.07, 6.45) is 1.44. The Hall–Kier alpha value is -1.79. The molecule has 0 aromatic heterocycles. The molecule has 0 aromatic rings. The molecule has 3 N–H and O–H groups in total. The summed E-state index contributed by atoms with van der Waals surface area (Å²) in [6.45, 7) is 4.80. The third-order valence-corrected chi connectivity index (χ3v) is 4.73. The fourth-order valence-corrected chi connectivity index (χ4v) is 3.23. The molecular formula is C14H23N3O4. The number of carboxylic acid groups (broad SMARTS) is 1. The predicted octanol–water partition coefficient (Wildman–Crippen LogP) is 0.345. The summed E-state index contributed by atoms with van der Waals surface area (Å²) in [5, 5.41) is 9.15. The van der Waals surface area contributed by atoms with E-state index in [4.69, 9.17) is 10.8 Å². The first kappa shape index (κ1) is 15.6. The summed E-state index contributed by atoms with van der Waals surface area (Å²) >= 11 is 0. The van der Waals surface area contributed by atoms with Crippen molar-refractivity contribution >= 4 is 17.9 Å². The second-order valence-electron chi connectivity index (χ2n) is 6.29. The van der Waals surface area contributed by atoms with E-state index < -0.39 is 11.9 Å². The van der Waals surface area contributed by atoms with Gasteiger partial charge in [-0.15, -0.1) is 0 Å². The molecule has 118 valence electrons. The Morgan fingerprint density at radius 1 is 1.10 bits per heavy atom. The van der Waals surface area contributed by atoms with E-state index in [2.05, 4.69) is 0 Å². The average molecular weight is 297 g/mol. The van der Waals surface area contributed by atoms with Crippen LogP contribution in [0.1, 0.15) is 26.7 Å². The van der Waals surface area contributed by atoms with Crippen molar-refractivity contribution in [3.63, 3.8) is 0 Å². The second-order valence-corrected chi connectivity index (χ2v) is 6.29. The first-order valence-electron chi connectivity index (χ1n) is 7.39. The van der Waals surface area contributed by atoms with Gasteiger partial charge in [0.05, 0.1) is 11.8 Å². The normalized spacial score (nSPS) is 33.0. The number of carboxylic acids is 1. The molecule has 0 aromatic carbocycles. The Kier molecular flexibility index (Phi) is 4.39. The molecule has 21 heavy (non-hydrogen) atoms. The molecular weight excluding hydrogens is 274 g/mol. The number of urea groups is 1. The highest BCUT2D eigenvalue weighted by Gasteiger charge is 2.40. The first-order chi connectivity index (χ1) is 9.81. The van der Waals surface area contributed by atoms with Crippen LogP contribution in [0.4, 0.5) is 4.79 Å². The number of hydrogen-bond acceptors (Lipinski definition) is 3. The minimum absolute atomic E-state index is 0.0484. The molecule has 4 unspecified atom stereocenters. The maximum atomic E-state index is 12.6. The summed E-state index contributed by atoms with van der Waals surface area (Å²) in [6, 6.07) is -0.128. The Bertz CT molecular complexity index is 454. The second kappa shape index (κ2) is 5.91. The number of hydrogen-bond donors (Lipinski definition) is 2. The van der Waals surface area contributed by atoms with Gasteiger partial charge in [0.15, 0.2) is 0 Å². The molecule has 0 saturated carbocycles. The van der Waals surface area contributed by atoms with Gasteiger partial charge in [0.25, 0.3) is 0 Å². The Morgan fingerprint density at radius 2 is 1.76 bits per heavy atom. The van der Waals surface area contributed by atoms with Gasteiger partial charge in [0, 0.05) is 25.7 Å². The van der Waals surface area contributed by atoms with Gasteiger partial charge in [-0.3, -0.25) is 9.59 Å².